The van der Waals surface area contributed by atoms with E-state index in [1.54, 1.807) is 0 Å². The van der Waals surface area contributed by atoms with E-state index in [0.29, 0.717) is 6.04 Å². The van der Waals surface area contributed by atoms with Crippen LogP contribution in [0.4, 0.5) is 0 Å². The fourth-order valence-electron chi connectivity index (χ4n) is 3.26. The van der Waals surface area contributed by atoms with Crippen LogP contribution in [0.3, 0.4) is 0 Å². The van der Waals surface area contributed by atoms with E-state index in [2.05, 4.69) is 26.1 Å². The molecule has 2 nitrogen and oxygen atoms in total. The van der Waals surface area contributed by atoms with Crippen molar-refractivity contribution in [1.29, 1.82) is 0 Å². The first-order valence-electron chi connectivity index (χ1n) is 8.17. The third-order valence-corrected chi connectivity index (χ3v) is 5.08. The van der Waals surface area contributed by atoms with Gasteiger partial charge in [0.05, 0.1) is 0 Å². The summed E-state index contributed by atoms with van der Waals surface area (Å²) in [7, 11) is 0. The highest BCUT2D eigenvalue weighted by molar-refractivity contribution is 6.31. The predicted octanol–water partition coefficient (Wildman–Crippen LogP) is 4.83. The van der Waals surface area contributed by atoms with Gasteiger partial charge < -0.3 is 10.1 Å². The van der Waals surface area contributed by atoms with Gasteiger partial charge in [0.2, 0.25) is 0 Å². The molecule has 3 heteroatoms. The summed E-state index contributed by atoms with van der Waals surface area (Å²) in [5, 5.41) is 4.39. The average Bonchev–Trinajstić information content (AvgIpc) is 2.45. The van der Waals surface area contributed by atoms with E-state index in [1.807, 2.05) is 25.1 Å². The van der Waals surface area contributed by atoms with Crippen LogP contribution in [0, 0.1) is 18.8 Å². The van der Waals surface area contributed by atoms with E-state index >= 15 is 0 Å². The molecule has 0 saturated heterocycles. The summed E-state index contributed by atoms with van der Waals surface area (Å²) >= 11 is 6.10. The Balaban J connectivity index is 2.09. The number of benzene rings is 1. The second-order valence-electron chi connectivity index (χ2n) is 6.55. The zero-order chi connectivity index (χ0) is 15.4. The summed E-state index contributed by atoms with van der Waals surface area (Å²) in [4.78, 5) is 0. The summed E-state index contributed by atoms with van der Waals surface area (Å²) < 4.78 is 6.32. The first-order valence-corrected chi connectivity index (χ1v) is 8.55. The van der Waals surface area contributed by atoms with Gasteiger partial charge in [-0.3, -0.25) is 0 Å². The summed E-state index contributed by atoms with van der Waals surface area (Å²) in [6.45, 7) is 9.83. The molecule has 118 valence electrons. The Kier molecular flexibility index (Phi) is 5.95. The standard InChI is InChI=1S/C18H28ClNO/c1-5-20-17-9-6-14(12(2)3)11-18(17)21-15-7-8-16(19)13(4)10-15/h7-8,10,12,14,17-18,20H,5-6,9,11H2,1-4H3. The van der Waals surface area contributed by atoms with Gasteiger partial charge in [0, 0.05) is 11.1 Å². The average molecular weight is 310 g/mol. The lowest BCUT2D eigenvalue weighted by Crippen LogP contribution is -2.47. The molecule has 1 aromatic carbocycles. The van der Waals surface area contributed by atoms with Gasteiger partial charge in [0.15, 0.2) is 0 Å². The molecule has 0 aromatic heterocycles. The number of aryl methyl sites for hydroxylation is 1. The lowest BCUT2D eigenvalue weighted by Gasteiger charge is -2.38. The molecule has 1 aromatic rings. The van der Waals surface area contributed by atoms with Gasteiger partial charge in [-0.1, -0.05) is 32.4 Å². The van der Waals surface area contributed by atoms with Crippen molar-refractivity contribution in [3.63, 3.8) is 0 Å². The molecule has 2 rings (SSSR count). The monoisotopic (exact) mass is 309 g/mol. The molecule has 1 aliphatic carbocycles. The lowest BCUT2D eigenvalue weighted by atomic mass is 9.78. The molecule has 0 aliphatic heterocycles. The minimum atomic E-state index is 0.256. The Hall–Kier alpha value is -0.730. The topological polar surface area (TPSA) is 21.3 Å². The van der Waals surface area contributed by atoms with Crippen molar-refractivity contribution in [2.24, 2.45) is 11.8 Å². The van der Waals surface area contributed by atoms with E-state index in [9.17, 15) is 0 Å². The van der Waals surface area contributed by atoms with E-state index < -0.39 is 0 Å². The maximum atomic E-state index is 6.32. The van der Waals surface area contributed by atoms with Crippen molar-refractivity contribution in [1.82, 2.24) is 5.32 Å². The molecule has 0 heterocycles. The zero-order valence-corrected chi connectivity index (χ0v) is 14.4. The van der Waals surface area contributed by atoms with E-state index in [-0.39, 0.29) is 6.10 Å². The molecular weight excluding hydrogens is 282 g/mol. The zero-order valence-electron chi connectivity index (χ0n) is 13.7. The lowest BCUT2D eigenvalue weighted by molar-refractivity contribution is 0.0725. The van der Waals surface area contributed by atoms with Gasteiger partial charge in [-0.05, 0) is 68.3 Å². The van der Waals surface area contributed by atoms with Crippen molar-refractivity contribution >= 4 is 11.6 Å². The second-order valence-corrected chi connectivity index (χ2v) is 6.96. The van der Waals surface area contributed by atoms with E-state index in [1.165, 1.54) is 12.8 Å². The molecule has 1 saturated carbocycles. The van der Waals surface area contributed by atoms with Crippen LogP contribution in [0.5, 0.6) is 5.75 Å². The van der Waals surface area contributed by atoms with Gasteiger partial charge >= 0.3 is 0 Å². The number of likely N-dealkylation sites (N-methyl/N-ethyl adjacent to an activating group) is 1. The molecule has 1 aliphatic rings. The maximum absolute atomic E-state index is 6.32. The molecule has 0 spiro atoms. The first kappa shape index (κ1) is 16.6. The Bertz CT molecular complexity index is 461. The fraction of sp³-hybridized carbons (Fsp3) is 0.667. The number of hydrogen-bond donors (Lipinski definition) is 1. The maximum Gasteiger partial charge on any atom is 0.120 e. The minimum Gasteiger partial charge on any atom is -0.489 e. The second kappa shape index (κ2) is 7.51. The van der Waals surface area contributed by atoms with Crippen LogP contribution in [0.15, 0.2) is 18.2 Å². The Morgan fingerprint density at radius 3 is 2.71 bits per heavy atom. The van der Waals surface area contributed by atoms with Gasteiger partial charge in [-0.2, -0.15) is 0 Å². The number of hydrogen-bond acceptors (Lipinski definition) is 2. The third kappa shape index (κ3) is 4.37. The Labute approximate surface area is 134 Å². The minimum absolute atomic E-state index is 0.256. The summed E-state index contributed by atoms with van der Waals surface area (Å²) in [5.41, 5.74) is 1.07. The SMILES string of the molecule is CCNC1CCC(C(C)C)CC1Oc1ccc(Cl)c(C)c1. The van der Waals surface area contributed by atoms with Crippen molar-refractivity contribution in [2.45, 2.75) is 59.1 Å². The van der Waals surface area contributed by atoms with Crippen LogP contribution in [-0.2, 0) is 0 Å². The first-order chi connectivity index (χ1) is 10.0. The highest BCUT2D eigenvalue weighted by Gasteiger charge is 2.32. The summed E-state index contributed by atoms with van der Waals surface area (Å²) in [6.07, 6.45) is 3.89. The van der Waals surface area contributed by atoms with Gasteiger partial charge in [0.25, 0.3) is 0 Å². The molecule has 3 atom stereocenters. The van der Waals surface area contributed by atoms with Gasteiger partial charge in [-0.15, -0.1) is 0 Å². The summed E-state index contributed by atoms with van der Waals surface area (Å²) in [6, 6.07) is 6.42. The summed E-state index contributed by atoms with van der Waals surface area (Å²) in [5.74, 6) is 2.43. The van der Waals surface area contributed by atoms with Crippen molar-refractivity contribution in [3.8, 4) is 5.75 Å². The smallest absolute Gasteiger partial charge is 0.120 e. The van der Waals surface area contributed by atoms with E-state index in [0.717, 1.165) is 41.1 Å². The predicted molar refractivity (Wildman–Crippen MR) is 90.2 cm³/mol. The normalized spacial score (nSPS) is 26.1. The molecule has 0 amide bonds. The number of ether oxygens (including phenoxy) is 1. The molecule has 1 N–H and O–H groups in total. The Morgan fingerprint density at radius 1 is 1.33 bits per heavy atom. The van der Waals surface area contributed by atoms with Gasteiger partial charge in [0.1, 0.15) is 11.9 Å². The number of rotatable bonds is 5. The van der Waals surface area contributed by atoms with Crippen LogP contribution in [0.2, 0.25) is 5.02 Å². The molecule has 0 radical (unpaired) electrons. The molecular formula is C18H28ClNO. The van der Waals surface area contributed by atoms with Crippen LogP contribution in [0.25, 0.3) is 0 Å². The molecule has 0 bridgehead atoms. The molecule has 3 unspecified atom stereocenters. The molecule has 21 heavy (non-hydrogen) atoms. The highest BCUT2D eigenvalue weighted by atomic mass is 35.5. The van der Waals surface area contributed by atoms with Crippen molar-refractivity contribution in [3.05, 3.63) is 28.8 Å². The van der Waals surface area contributed by atoms with Gasteiger partial charge in [-0.25, -0.2) is 0 Å². The Morgan fingerprint density at radius 2 is 2.10 bits per heavy atom. The third-order valence-electron chi connectivity index (χ3n) is 4.66. The quantitative estimate of drug-likeness (QED) is 0.841. The van der Waals surface area contributed by atoms with E-state index in [4.69, 9.17) is 16.3 Å². The molecule has 1 fully saturated rings. The van der Waals surface area contributed by atoms with Crippen LogP contribution in [-0.4, -0.2) is 18.7 Å². The largest absolute Gasteiger partial charge is 0.489 e. The van der Waals surface area contributed by atoms with Crippen LogP contribution >= 0.6 is 11.6 Å². The fourth-order valence-corrected chi connectivity index (χ4v) is 3.37. The van der Waals surface area contributed by atoms with Crippen molar-refractivity contribution in [2.75, 3.05) is 6.54 Å². The van der Waals surface area contributed by atoms with Crippen molar-refractivity contribution < 1.29 is 4.74 Å². The van der Waals surface area contributed by atoms with Crippen LogP contribution < -0.4 is 10.1 Å². The van der Waals surface area contributed by atoms with Crippen LogP contribution in [0.1, 0.15) is 45.6 Å². The highest BCUT2D eigenvalue weighted by Crippen LogP contribution is 2.33. The number of nitrogens with one attached hydrogen (secondary N) is 1. The number of halogens is 1.